The minimum Gasteiger partial charge on any atom is -0.379 e. The van der Waals surface area contributed by atoms with Gasteiger partial charge in [-0.3, -0.25) is 10.1 Å². The van der Waals surface area contributed by atoms with Crippen molar-refractivity contribution >= 4 is 46.0 Å². The predicted molar refractivity (Wildman–Crippen MR) is 97.1 cm³/mol. The molecular weight excluding hydrogens is 434 g/mol. The van der Waals surface area contributed by atoms with Crippen molar-refractivity contribution in [2.45, 2.75) is 6.92 Å². The van der Waals surface area contributed by atoms with E-state index >= 15 is 0 Å². The van der Waals surface area contributed by atoms with Gasteiger partial charge in [-0.25, -0.2) is 5.10 Å². The zero-order valence-electron chi connectivity index (χ0n) is 16.3. The number of anilines is 2. The fourth-order valence-electron chi connectivity index (χ4n) is 1.81. The Balaban J connectivity index is 0. The Labute approximate surface area is 218 Å². The van der Waals surface area contributed by atoms with Crippen molar-refractivity contribution in [3.8, 4) is 0 Å². The van der Waals surface area contributed by atoms with Crippen molar-refractivity contribution in [2.24, 2.45) is 10.2 Å². The summed E-state index contributed by atoms with van der Waals surface area (Å²) in [4.78, 5) is 28.5. The summed E-state index contributed by atoms with van der Waals surface area (Å²) in [7, 11) is -3.11. The van der Waals surface area contributed by atoms with E-state index in [1.165, 1.54) is 5.01 Å². The van der Waals surface area contributed by atoms with E-state index in [0.717, 1.165) is 11.3 Å². The molecule has 0 saturated heterocycles. The van der Waals surface area contributed by atoms with Crippen molar-refractivity contribution in [1.82, 2.24) is 0 Å². The van der Waals surface area contributed by atoms with Gasteiger partial charge in [0.05, 0.1) is 0 Å². The fourth-order valence-corrected chi connectivity index (χ4v) is 1.81. The Kier molecular flexibility index (Phi) is 16.9. The normalized spacial score (nSPS) is 12.1. The van der Waals surface area contributed by atoms with Crippen molar-refractivity contribution in [3.05, 3.63) is 60.2 Å². The molecule has 0 unspecified atom stereocenters. The van der Waals surface area contributed by atoms with Crippen LogP contribution in [-0.4, -0.2) is 36.6 Å². The van der Waals surface area contributed by atoms with Crippen LogP contribution in [0.3, 0.4) is 0 Å². The molecule has 0 saturated carbocycles. The van der Waals surface area contributed by atoms with Crippen LogP contribution in [0.4, 0.5) is 11.4 Å². The quantitative estimate of drug-likeness (QED) is 0.282. The average Bonchev–Trinajstić information content (AvgIpc) is 3.02. The molecule has 0 spiro atoms. The smallest absolute Gasteiger partial charge is 0.379 e. The monoisotopic (exact) mass is 446 g/mol. The van der Waals surface area contributed by atoms with Crippen LogP contribution >= 0.6 is 0 Å². The first-order chi connectivity index (χ1) is 13.4. The van der Waals surface area contributed by atoms with Crippen LogP contribution < -0.4 is 69.5 Å². The van der Waals surface area contributed by atoms with E-state index in [1.807, 2.05) is 31.2 Å². The summed E-state index contributed by atoms with van der Waals surface area (Å²) in [6, 6.07) is 17.5. The molecule has 0 atom stereocenters. The Morgan fingerprint density at radius 2 is 1.53 bits per heavy atom. The zero-order chi connectivity index (χ0) is 20.9. The van der Waals surface area contributed by atoms with Crippen LogP contribution in [-0.2, 0) is 25.0 Å². The first-order valence-corrected chi connectivity index (χ1v) is 8.32. The van der Waals surface area contributed by atoms with Gasteiger partial charge < -0.3 is 10.2 Å². The molecule has 13 heteroatoms. The number of aryl methyl sites for hydroxylation is 1. The van der Waals surface area contributed by atoms with Crippen LogP contribution in [0.2, 0.25) is 0 Å². The number of nitrogens with zero attached hydrogens (tertiary/aromatic N) is 3. The Morgan fingerprint density at radius 3 is 2.03 bits per heavy atom. The Hall–Kier alpha value is -1.95. The van der Waals surface area contributed by atoms with Gasteiger partial charge in [0.25, 0.3) is 0 Å². The Morgan fingerprint density at radius 1 is 1.03 bits per heavy atom. The number of hydrogen-bond acceptors (Lipinski definition) is 9. The predicted octanol–water partition coefficient (Wildman–Crippen LogP) is -5.11. The third-order valence-corrected chi connectivity index (χ3v) is 2.94. The van der Waals surface area contributed by atoms with Gasteiger partial charge in [0.1, 0.15) is 5.91 Å². The molecule has 0 fully saturated rings. The largest absolute Gasteiger partial charge is 1.00 e. The molecule has 30 heavy (non-hydrogen) atoms. The third-order valence-electron chi connectivity index (χ3n) is 2.94. The van der Waals surface area contributed by atoms with E-state index in [4.69, 9.17) is 22.2 Å². The molecule has 1 aliphatic rings. The summed E-state index contributed by atoms with van der Waals surface area (Å²) in [5.41, 5.74) is 5.52. The van der Waals surface area contributed by atoms with E-state index in [-0.39, 0.29) is 76.9 Å². The summed E-state index contributed by atoms with van der Waals surface area (Å²) in [5.74, 6) is -0.311. The first-order valence-electron chi connectivity index (χ1n) is 7.32. The van der Waals surface area contributed by atoms with Crippen molar-refractivity contribution < 1.29 is 86.1 Å². The van der Waals surface area contributed by atoms with Gasteiger partial charge in [-0.2, -0.15) is 27.8 Å². The van der Waals surface area contributed by atoms with E-state index in [1.54, 1.807) is 24.3 Å². The minimum absolute atomic E-state index is 0. The third kappa shape index (κ3) is 11.3. The van der Waals surface area contributed by atoms with Gasteiger partial charge >= 0.3 is 75.9 Å². The number of nitrogens with one attached hydrogen (secondary N) is 1. The van der Waals surface area contributed by atoms with Crippen molar-refractivity contribution in [2.75, 3.05) is 10.4 Å². The molecule has 2 aromatic rings. The molecule has 1 N–H and O–H groups in total. The Bertz CT molecular complexity index is 1000. The van der Waals surface area contributed by atoms with Crippen LogP contribution in [0.1, 0.15) is 5.56 Å². The summed E-state index contributed by atoms with van der Waals surface area (Å²) in [5, 5.41) is 9.27. The maximum Gasteiger partial charge on any atom is 1.00 e. The van der Waals surface area contributed by atoms with Crippen molar-refractivity contribution in [1.29, 1.82) is 0 Å². The summed E-state index contributed by atoms with van der Waals surface area (Å²) in [6.07, 6.45) is 2.87. The van der Waals surface area contributed by atoms with Crippen LogP contribution in [0.25, 0.3) is 0 Å². The topological polar surface area (TPSA) is 142 Å². The average molecular weight is 446 g/mol. The van der Waals surface area contributed by atoms with E-state index in [2.05, 4.69) is 27.9 Å². The molecule has 1 aliphatic heterocycles. The van der Waals surface area contributed by atoms with E-state index in [0.29, 0.717) is 5.69 Å². The van der Waals surface area contributed by atoms with Gasteiger partial charge in [-0.1, -0.05) is 29.6 Å². The number of hydrogen-bond donors (Lipinski definition) is 1. The molecule has 1 heterocycles. The summed E-state index contributed by atoms with van der Waals surface area (Å²) >= 11 is 0. The van der Waals surface area contributed by atoms with Gasteiger partial charge in [-0.15, -0.1) is 24.8 Å². The number of carbonyl (C=O) groups is 1. The number of hydrazone groups is 2. The molecule has 0 aliphatic carbocycles. The second-order valence-corrected chi connectivity index (χ2v) is 5.22. The van der Waals surface area contributed by atoms with Crippen LogP contribution in [0.5, 0.6) is 0 Å². The van der Waals surface area contributed by atoms with Crippen molar-refractivity contribution in [3.63, 3.8) is 0 Å². The summed E-state index contributed by atoms with van der Waals surface area (Å²) < 4.78 is 25.3. The van der Waals surface area contributed by atoms with Crippen LogP contribution in [0.15, 0.2) is 58.7 Å². The number of rotatable bonds is 3. The second-order valence-electron chi connectivity index (χ2n) is 4.81. The molecule has 0 aromatic heterocycles. The SMILES string of the molecule is Cc1ccc(N2N=[C-]C(=NNc3cc[c-]cc3)C2=O)cc1.O=C=O.O=S(=O)=O.[Na+].[Na+]. The molecule has 0 radical (unpaired) electrons. The van der Waals surface area contributed by atoms with E-state index in [9.17, 15) is 4.79 Å². The van der Waals surface area contributed by atoms with Gasteiger partial charge in [0.2, 0.25) is 0 Å². The maximum absolute atomic E-state index is 12.2. The number of amides is 1. The molecule has 144 valence electrons. The van der Waals surface area contributed by atoms with E-state index < -0.39 is 10.6 Å². The first kappa shape index (κ1) is 30.2. The standard InChI is InChI=1S/C16H12N4O.CO2.2Na.O3S/c1-12-7-9-14(10-8-12)20-16(21)15(11-17-20)19-18-13-5-3-2-4-6-13;2-1-3;;;1-4(2)3/h3-10,18H,1H3;;;;/q-2;;2*+1;. The zero-order valence-corrected chi connectivity index (χ0v) is 21.1. The number of benzene rings is 2. The molecule has 10 nitrogen and oxygen atoms in total. The fraction of sp³-hybridized carbons (Fsp3) is 0.0588. The molecule has 2 aromatic carbocycles. The van der Waals surface area contributed by atoms with Gasteiger partial charge in [0.15, 0.2) is 0 Å². The molecule has 0 bridgehead atoms. The molecule has 1 amide bonds. The maximum atomic E-state index is 12.2. The second kappa shape index (κ2) is 16.8. The van der Waals surface area contributed by atoms with Gasteiger partial charge in [0, 0.05) is 5.69 Å². The number of carbonyl (C=O) groups excluding carboxylic acids is 3. The molecular formula is C17H12N4Na2O6S. The van der Waals surface area contributed by atoms with Gasteiger partial charge in [-0.05, 0) is 24.8 Å². The molecule has 3 rings (SSSR count). The summed E-state index contributed by atoms with van der Waals surface area (Å²) in [6.45, 7) is 1.99. The van der Waals surface area contributed by atoms with Crippen LogP contribution in [0, 0.1) is 13.0 Å². The minimum atomic E-state index is -3.11.